The molecule has 1 atom stereocenters. The van der Waals surface area contributed by atoms with Crippen molar-refractivity contribution in [2.24, 2.45) is 0 Å². The van der Waals surface area contributed by atoms with Crippen LogP contribution in [-0.2, 0) is 0 Å². The van der Waals surface area contributed by atoms with E-state index in [9.17, 15) is 18.3 Å². The minimum Gasteiger partial charge on any atom is -0.384 e. The second kappa shape index (κ2) is 5.41. The van der Waals surface area contributed by atoms with Crippen molar-refractivity contribution < 1.29 is 18.3 Å². The maximum Gasteiger partial charge on any atom is 0.194 e. The lowest BCUT2D eigenvalue weighted by molar-refractivity contribution is 0.218. The number of aliphatic hydroxyl groups excluding tert-OH is 1. The second-order valence-corrected chi connectivity index (χ2v) is 4.69. The molecule has 0 bridgehead atoms. The molecule has 1 N–H and O–H groups in total. The van der Waals surface area contributed by atoms with E-state index in [-0.39, 0.29) is 15.6 Å². The van der Waals surface area contributed by atoms with Gasteiger partial charge < -0.3 is 5.11 Å². The van der Waals surface area contributed by atoms with Gasteiger partial charge in [0.15, 0.2) is 17.5 Å². The molecule has 1 nitrogen and oxygen atoms in total. The fourth-order valence-corrected chi connectivity index (χ4v) is 1.91. The zero-order valence-electron chi connectivity index (χ0n) is 9.30. The number of hydrogen-bond acceptors (Lipinski definition) is 1. The van der Waals surface area contributed by atoms with Crippen LogP contribution in [0.3, 0.4) is 0 Å². The molecule has 2 aromatic carbocycles. The maximum atomic E-state index is 13.1. The quantitative estimate of drug-likeness (QED) is 0.810. The largest absolute Gasteiger partial charge is 0.384 e. The van der Waals surface area contributed by atoms with Crippen molar-refractivity contribution in [1.82, 2.24) is 0 Å². The van der Waals surface area contributed by atoms with Gasteiger partial charge >= 0.3 is 0 Å². The van der Waals surface area contributed by atoms with Gasteiger partial charge in [-0.25, -0.2) is 13.2 Å². The molecule has 2 rings (SSSR count). The summed E-state index contributed by atoms with van der Waals surface area (Å²) in [6, 6.07) is 5.72. The molecule has 1 unspecified atom stereocenters. The molecular formula is C13H7Cl2F3O. The highest BCUT2D eigenvalue weighted by molar-refractivity contribution is 6.42. The molecule has 0 radical (unpaired) electrons. The molecule has 0 aliphatic carbocycles. The third-order valence-corrected chi connectivity index (χ3v) is 3.32. The first-order valence-corrected chi connectivity index (χ1v) is 5.93. The van der Waals surface area contributed by atoms with Crippen LogP contribution >= 0.6 is 23.2 Å². The van der Waals surface area contributed by atoms with Gasteiger partial charge in [-0.1, -0.05) is 29.3 Å². The fraction of sp³-hybridized carbons (Fsp3) is 0.0769. The molecular weight excluding hydrogens is 300 g/mol. The highest BCUT2D eigenvalue weighted by Gasteiger charge is 2.17. The van der Waals surface area contributed by atoms with E-state index >= 15 is 0 Å². The van der Waals surface area contributed by atoms with E-state index in [0.717, 1.165) is 12.1 Å². The van der Waals surface area contributed by atoms with Crippen LogP contribution in [-0.4, -0.2) is 5.11 Å². The smallest absolute Gasteiger partial charge is 0.194 e. The van der Waals surface area contributed by atoms with Crippen LogP contribution in [0.4, 0.5) is 13.2 Å². The Morgan fingerprint density at radius 3 is 1.95 bits per heavy atom. The van der Waals surface area contributed by atoms with E-state index in [0.29, 0.717) is 5.56 Å². The standard InChI is InChI=1S/C13H7Cl2F3O/c14-8-2-1-6(3-9(8)15)13(19)7-4-10(16)12(18)11(17)5-7/h1-5,13,19H. The normalized spacial score (nSPS) is 12.5. The first kappa shape index (κ1) is 14.2. The van der Waals surface area contributed by atoms with Gasteiger partial charge in [-0.3, -0.25) is 0 Å². The van der Waals surface area contributed by atoms with Gasteiger partial charge in [0.2, 0.25) is 0 Å². The first-order chi connectivity index (χ1) is 8.90. The SMILES string of the molecule is OC(c1cc(F)c(F)c(F)c1)c1ccc(Cl)c(Cl)c1. The second-order valence-electron chi connectivity index (χ2n) is 3.87. The summed E-state index contributed by atoms with van der Waals surface area (Å²) in [7, 11) is 0. The minimum atomic E-state index is -1.58. The maximum absolute atomic E-state index is 13.1. The first-order valence-electron chi connectivity index (χ1n) is 5.17. The van der Waals surface area contributed by atoms with Crippen molar-refractivity contribution in [3.8, 4) is 0 Å². The number of rotatable bonds is 2. The van der Waals surface area contributed by atoms with Crippen molar-refractivity contribution in [3.63, 3.8) is 0 Å². The number of benzene rings is 2. The summed E-state index contributed by atoms with van der Waals surface area (Å²) in [5.41, 5.74) is 0.176. The van der Waals surface area contributed by atoms with Crippen molar-refractivity contribution in [1.29, 1.82) is 0 Å². The molecule has 0 saturated carbocycles. The summed E-state index contributed by atoms with van der Waals surface area (Å²) in [6.45, 7) is 0. The lowest BCUT2D eigenvalue weighted by Gasteiger charge is -2.13. The fourth-order valence-electron chi connectivity index (χ4n) is 1.61. The Labute approximate surface area is 117 Å². The van der Waals surface area contributed by atoms with Crippen LogP contribution in [0, 0.1) is 17.5 Å². The number of hydrogen-bond donors (Lipinski definition) is 1. The molecule has 0 spiro atoms. The number of halogens is 5. The average Bonchev–Trinajstić information content (AvgIpc) is 2.37. The third kappa shape index (κ3) is 2.86. The van der Waals surface area contributed by atoms with E-state index in [1.807, 2.05) is 0 Å². The Hall–Kier alpha value is -1.23. The van der Waals surface area contributed by atoms with Gasteiger partial charge in [0.25, 0.3) is 0 Å². The van der Waals surface area contributed by atoms with Gasteiger partial charge in [0, 0.05) is 0 Å². The molecule has 0 aliphatic heterocycles. The predicted molar refractivity (Wildman–Crippen MR) is 66.8 cm³/mol. The lowest BCUT2D eigenvalue weighted by atomic mass is 10.0. The molecule has 100 valence electrons. The van der Waals surface area contributed by atoms with Gasteiger partial charge in [0.05, 0.1) is 10.0 Å². The Kier molecular flexibility index (Phi) is 4.04. The Balaban J connectivity index is 2.43. The molecule has 0 amide bonds. The summed E-state index contributed by atoms with van der Waals surface area (Å²) >= 11 is 11.5. The van der Waals surface area contributed by atoms with Crippen molar-refractivity contribution in [2.45, 2.75) is 6.10 Å². The summed E-state index contributed by atoms with van der Waals surface area (Å²) < 4.78 is 39.0. The van der Waals surface area contributed by atoms with Crippen LogP contribution in [0.15, 0.2) is 30.3 Å². The Morgan fingerprint density at radius 2 is 1.42 bits per heavy atom. The average molecular weight is 307 g/mol. The molecule has 0 aromatic heterocycles. The topological polar surface area (TPSA) is 20.2 Å². The van der Waals surface area contributed by atoms with Crippen LogP contribution in [0.25, 0.3) is 0 Å². The third-order valence-electron chi connectivity index (χ3n) is 2.58. The molecule has 0 fully saturated rings. The van der Waals surface area contributed by atoms with Crippen molar-refractivity contribution in [2.75, 3.05) is 0 Å². The summed E-state index contributed by atoms with van der Waals surface area (Å²) in [6.07, 6.45) is -1.33. The Bertz CT molecular complexity index is 608. The zero-order chi connectivity index (χ0) is 14.2. The number of aliphatic hydroxyl groups is 1. The van der Waals surface area contributed by atoms with Gasteiger partial charge in [-0.2, -0.15) is 0 Å². The predicted octanol–water partition coefficient (Wildman–Crippen LogP) is 4.49. The van der Waals surface area contributed by atoms with Gasteiger partial charge in [0.1, 0.15) is 6.10 Å². The van der Waals surface area contributed by atoms with Crippen molar-refractivity contribution in [3.05, 3.63) is 69.0 Å². The molecule has 2 aromatic rings. The molecule has 0 aliphatic rings. The van der Waals surface area contributed by atoms with E-state index < -0.39 is 23.6 Å². The monoisotopic (exact) mass is 306 g/mol. The van der Waals surface area contributed by atoms with E-state index in [4.69, 9.17) is 23.2 Å². The van der Waals surface area contributed by atoms with Crippen LogP contribution in [0.2, 0.25) is 10.0 Å². The van der Waals surface area contributed by atoms with Gasteiger partial charge in [-0.15, -0.1) is 0 Å². The van der Waals surface area contributed by atoms with E-state index in [1.54, 1.807) is 0 Å². The molecule has 19 heavy (non-hydrogen) atoms. The van der Waals surface area contributed by atoms with E-state index in [1.165, 1.54) is 18.2 Å². The molecule has 0 saturated heterocycles. The minimum absolute atomic E-state index is 0.116. The molecule has 0 heterocycles. The van der Waals surface area contributed by atoms with Crippen molar-refractivity contribution >= 4 is 23.2 Å². The highest BCUT2D eigenvalue weighted by atomic mass is 35.5. The summed E-state index contributed by atoms with van der Waals surface area (Å²) in [5, 5.41) is 10.5. The van der Waals surface area contributed by atoms with E-state index in [2.05, 4.69) is 0 Å². The summed E-state index contributed by atoms with van der Waals surface area (Å²) in [5.74, 6) is -4.31. The highest BCUT2D eigenvalue weighted by Crippen LogP contribution is 2.29. The van der Waals surface area contributed by atoms with Crippen LogP contribution < -0.4 is 0 Å². The Morgan fingerprint density at radius 1 is 0.842 bits per heavy atom. The lowest BCUT2D eigenvalue weighted by Crippen LogP contribution is -2.03. The van der Waals surface area contributed by atoms with Gasteiger partial charge in [-0.05, 0) is 35.4 Å². The van der Waals surface area contributed by atoms with Crippen LogP contribution in [0.1, 0.15) is 17.2 Å². The zero-order valence-corrected chi connectivity index (χ0v) is 10.8. The molecule has 6 heteroatoms. The summed E-state index contributed by atoms with van der Waals surface area (Å²) in [4.78, 5) is 0. The van der Waals surface area contributed by atoms with Crippen LogP contribution in [0.5, 0.6) is 0 Å².